The van der Waals surface area contributed by atoms with Gasteiger partial charge in [-0.1, -0.05) is 74.5 Å². The summed E-state index contributed by atoms with van der Waals surface area (Å²) in [4.78, 5) is 28.2. The Labute approximate surface area is 178 Å². The molecule has 0 heterocycles. The van der Waals surface area contributed by atoms with Gasteiger partial charge in [0.2, 0.25) is 5.91 Å². The second-order valence-electron chi connectivity index (χ2n) is 7.22. The van der Waals surface area contributed by atoms with E-state index in [0.29, 0.717) is 13.0 Å². The third-order valence-electron chi connectivity index (χ3n) is 4.06. The molecule has 7 nitrogen and oxygen atoms in total. The smallest absolute Gasteiger partial charge is 0.322 e. The molecule has 2 aromatic carbocycles. The van der Waals surface area contributed by atoms with Gasteiger partial charge in [0.1, 0.15) is 12.6 Å². The fraction of sp³-hybridized carbons (Fsp3) is 0.391. The zero-order valence-corrected chi connectivity index (χ0v) is 17.7. The molecule has 1 amide bonds. The highest BCUT2D eigenvalue weighted by Crippen LogP contribution is 2.05. The number of carboxylic acids is 1. The first kappa shape index (κ1) is 25.3. The molecule has 0 aliphatic heterocycles. The van der Waals surface area contributed by atoms with Gasteiger partial charge in [-0.25, -0.2) is 0 Å². The second-order valence-corrected chi connectivity index (χ2v) is 7.22. The number of hydrogen-bond acceptors (Lipinski definition) is 5. The lowest BCUT2D eigenvalue weighted by Crippen LogP contribution is -2.46. The number of hydroxylamine groups is 1. The van der Waals surface area contributed by atoms with E-state index >= 15 is 0 Å². The highest BCUT2D eigenvalue weighted by atomic mass is 16.6. The zero-order valence-electron chi connectivity index (χ0n) is 17.7. The molecule has 0 spiro atoms. The summed E-state index contributed by atoms with van der Waals surface area (Å²) in [7, 11) is 0. The van der Waals surface area contributed by atoms with Gasteiger partial charge in [0, 0.05) is 0 Å². The molecule has 0 saturated carbocycles. The van der Waals surface area contributed by atoms with Gasteiger partial charge in [0.25, 0.3) is 0 Å². The van der Waals surface area contributed by atoms with E-state index in [9.17, 15) is 9.59 Å². The number of benzene rings is 2. The molecule has 5 N–H and O–H groups in total. The molecule has 0 fully saturated rings. The number of carbonyl (C=O) groups is 2. The predicted molar refractivity (Wildman–Crippen MR) is 117 cm³/mol. The highest BCUT2D eigenvalue weighted by molar-refractivity contribution is 5.85. The van der Waals surface area contributed by atoms with Crippen LogP contribution < -0.4 is 16.5 Å². The van der Waals surface area contributed by atoms with Crippen molar-refractivity contribution < 1.29 is 19.5 Å². The molecular formula is C23H33N3O4. The fourth-order valence-corrected chi connectivity index (χ4v) is 2.46. The number of rotatable bonds is 11. The van der Waals surface area contributed by atoms with E-state index in [0.717, 1.165) is 30.0 Å². The quantitative estimate of drug-likeness (QED) is 0.419. The van der Waals surface area contributed by atoms with Gasteiger partial charge in [-0.05, 0) is 36.4 Å². The number of hydrogen-bond donors (Lipinski definition) is 4. The second kappa shape index (κ2) is 15.1. The lowest BCUT2D eigenvalue weighted by molar-refractivity contribution is -0.139. The Morgan fingerprint density at radius 2 is 1.57 bits per heavy atom. The topological polar surface area (TPSA) is 114 Å². The van der Waals surface area contributed by atoms with E-state index in [2.05, 4.69) is 24.6 Å². The number of aliphatic carboxylic acids is 1. The van der Waals surface area contributed by atoms with Gasteiger partial charge < -0.3 is 16.2 Å². The van der Waals surface area contributed by atoms with Crippen molar-refractivity contribution in [3.05, 3.63) is 71.8 Å². The lowest BCUT2D eigenvalue weighted by atomic mass is 10.1. The standard InChI is InChI=1S/C18H20N2O4.C5H13N/c21-17(22)12-19-18(23)16(11-14-7-3-1-4-8-14)20-24-13-15-9-5-2-6-10-15;1-5(2)3-4-6/h1-10,16,20H,11-13H2,(H,19,23)(H,21,22);5H,3-4,6H2,1-2H3. The Morgan fingerprint density at radius 1 is 1.00 bits per heavy atom. The van der Waals surface area contributed by atoms with Gasteiger partial charge in [0.05, 0.1) is 6.61 Å². The summed E-state index contributed by atoms with van der Waals surface area (Å²) in [6.07, 6.45) is 1.54. The van der Waals surface area contributed by atoms with Crippen molar-refractivity contribution in [2.75, 3.05) is 13.1 Å². The first-order valence-corrected chi connectivity index (χ1v) is 10.1. The maximum Gasteiger partial charge on any atom is 0.322 e. The Bertz CT molecular complexity index is 724. The minimum Gasteiger partial charge on any atom is -0.480 e. The minimum absolute atomic E-state index is 0.304. The van der Waals surface area contributed by atoms with E-state index < -0.39 is 24.5 Å². The molecule has 0 saturated heterocycles. The van der Waals surface area contributed by atoms with Crippen LogP contribution in [0.25, 0.3) is 0 Å². The minimum atomic E-state index is -1.09. The molecule has 30 heavy (non-hydrogen) atoms. The molecule has 0 aliphatic rings. The Morgan fingerprint density at radius 3 is 2.03 bits per heavy atom. The van der Waals surface area contributed by atoms with Crippen LogP contribution in [-0.4, -0.2) is 36.1 Å². The maximum absolute atomic E-state index is 12.2. The van der Waals surface area contributed by atoms with Crippen molar-refractivity contribution in [2.24, 2.45) is 11.7 Å². The summed E-state index contributed by atoms with van der Waals surface area (Å²) in [6.45, 7) is 5.06. The zero-order chi connectivity index (χ0) is 22.2. The molecule has 7 heteroatoms. The molecule has 0 aromatic heterocycles. The summed E-state index contributed by atoms with van der Waals surface area (Å²) < 4.78 is 0. The van der Waals surface area contributed by atoms with E-state index in [1.165, 1.54) is 0 Å². The summed E-state index contributed by atoms with van der Waals surface area (Å²) in [5.74, 6) is -0.740. The van der Waals surface area contributed by atoms with Crippen LogP contribution in [0.4, 0.5) is 0 Å². The number of carbonyl (C=O) groups excluding carboxylic acids is 1. The van der Waals surface area contributed by atoms with Gasteiger partial charge in [0.15, 0.2) is 0 Å². The van der Waals surface area contributed by atoms with Crippen LogP contribution in [0.1, 0.15) is 31.4 Å². The first-order valence-electron chi connectivity index (χ1n) is 10.1. The van der Waals surface area contributed by atoms with Crippen LogP contribution >= 0.6 is 0 Å². The number of nitrogens with one attached hydrogen (secondary N) is 2. The van der Waals surface area contributed by atoms with Crippen LogP contribution in [0, 0.1) is 5.92 Å². The summed E-state index contributed by atoms with van der Waals surface area (Å²) >= 11 is 0. The Kier molecular flexibility index (Phi) is 12.8. The van der Waals surface area contributed by atoms with E-state index in [1.807, 2.05) is 60.7 Å². The van der Waals surface area contributed by atoms with Crippen molar-refractivity contribution >= 4 is 11.9 Å². The number of amides is 1. The maximum atomic E-state index is 12.2. The van der Waals surface area contributed by atoms with Gasteiger partial charge in [-0.15, -0.1) is 0 Å². The van der Waals surface area contributed by atoms with E-state index in [1.54, 1.807) is 0 Å². The monoisotopic (exact) mass is 415 g/mol. The van der Waals surface area contributed by atoms with Crippen LogP contribution in [0.15, 0.2) is 60.7 Å². The van der Waals surface area contributed by atoms with Crippen LogP contribution in [-0.2, 0) is 27.5 Å². The Hall–Kier alpha value is -2.74. The predicted octanol–water partition coefficient (Wildman–Crippen LogP) is 2.51. The SMILES string of the molecule is CC(C)CCN.O=C(O)CNC(=O)C(Cc1ccccc1)NOCc1ccccc1. The van der Waals surface area contributed by atoms with Gasteiger partial charge in [-0.3, -0.25) is 14.4 Å². The summed E-state index contributed by atoms with van der Waals surface area (Å²) in [6, 6.07) is 18.3. The fourth-order valence-electron chi connectivity index (χ4n) is 2.46. The highest BCUT2D eigenvalue weighted by Gasteiger charge is 2.19. The van der Waals surface area contributed by atoms with Crippen LogP contribution in [0.3, 0.4) is 0 Å². The third-order valence-corrected chi connectivity index (χ3v) is 4.06. The Balaban J connectivity index is 0.000000656. The van der Waals surface area contributed by atoms with Crippen molar-refractivity contribution in [2.45, 2.75) is 39.3 Å². The van der Waals surface area contributed by atoms with Gasteiger partial charge >= 0.3 is 5.97 Å². The van der Waals surface area contributed by atoms with E-state index in [4.69, 9.17) is 15.7 Å². The van der Waals surface area contributed by atoms with E-state index in [-0.39, 0.29) is 0 Å². The lowest BCUT2D eigenvalue weighted by Gasteiger charge is -2.18. The van der Waals surface area contributed by atoms with Crippen molar-refractivity contribution in [1.29, 1.82) is 0 Å². The molecule has 2 aromatic rings. The largest absolute Gasteiger partial charge is 0.480 e. The van der Waals surface area contributed by atoms with Crippen molar-refractivity contribution in [1.82, 2.24) is 10.8 Å². The molecule has 164 valence electrons. The molecular weight excluding hydrogens is 382 g/mol. The molecule has 0 aliphatic carbocycles. The molecule has 0 radical (unpaired) electrons. The summed E-state index contributed by atoms with van der Waals surface area (Å²) in [5, 5.41) is 11.1. The van der Waals surface area contributed by atoms with Crippen LogP contribution in [0.5, 0.6) is 0 Å². The molecule has 2 rings (SSSR count). The average Bonchev–Trinajstić information content (AvgIpc) is 2.73. The van der Waals surface area contributed by atoms with Crippen molar-refractivity contribution in [3.63, 3.8) is 0 Å². The van der Waals surface area contributed by atoms with Crippen molar-refractivity contribution in [3.8, 4) is 0 Å². The average molecular weight is 416 g/mol. The normalized spacial score (nSPS) is 11.3. The molecule has 1 unspecified atom stereocenters. The number of carboxylic acid groups (broad SMARTS) is 1. The summed E-state index contributed by atoms with van der Waals surface area (Å²) in [5.41, 5.74) is 9.88. The molecule has 0 bridgehead atoms. The number of nitrogens with two attached hydrogens (primary N) is 1. The van der Waals surface area contributed by atoms with Crippen LogP contribution in [0.2, 0.25) is 0 Å². The third kappa shape index (κ3) is 12.0. The first-order chi connectivity index (χ1) is 14.4. The molecule has 1 atom stereocenters. The van der Waals surface area contributed by atoms with Gasteiger partial charge in [-0.2, -0.15) is 5.48 Å².